The van der Waals surface area contributed by atoms with Gasteiger partial charge >= 0.3 is 0 Å². The van der Waals surface area contributed by atoms with Gasteiger partial charge in [0.05, 0.1) is 13.2 Å². The van der Waals surface area contributed by atoms with Crippen molar-refractivity contribution in [2.45, 2.75) is 39.2 Å². The van der Waals surface area contributed by atoms with Crippen LogP contribution in [0.25, 0.3) is 0 Å². The lowest BCUT2D eigenvalue weighted by Gasteiger charge is -2.40. The van der Waals surface area contributed by atoms with Crippen LogP contribution in [0.5, 0.6) is 0 Å². The fraction of sp³-hybridized carbons (Fsp3) is 1.00. The molecule has 1 rings (SSSR count). The van der Waals surface area contributed by atoms with E-state index in [1.807, 2.05) is 0 Å². The molecule has 1 aliphatic heterocycles. The van der Waals surface area contributed by atoms with Gasteiger partial charge in [-0.25, -0.2) is 0 Å². The standard InChI is InChI=1S/C10H20O3.CH4/c1-3-10(8-12-9-10)13-7-5-4-6-11-2;/h3-9H2,1-2H3;1H4. The van der Waals surface area contributed by atoms with Gasteiger partial charge in [0, 0.05) is 20.3 Å². The minimum absolute atomic E-state index is 0. The molecule has 1 heterocycles. The monoisotopic (exact) mass is 204 g/mol. The first-order valence-electron chi connectivity index (χ1n) is 5.03. The van der Waals surface area contributed by atoms with Crippen LogP contribution in [0, 0.1) is 0 Å². The third-order valence-corrected chi connectivity index (χ3v) is 2.53. The SMILES string of the molecule is C.CCC1(OCCCCOC)COC1. The number of ether oxygens (including phenoxy) is 3. The van der Waals surface area contributed by atoms with Crippen molar-refractivity contribution in [2.75, 3.05) is 33.5 Å². The van der Waals surface area contributed by atoms with Crippen molar-refractivity contribution in [2.24, 2.45) is 0 Å². The zero-order chi connectivity index (χ0) is 9.57. The van der Waals surface area contributed by atoms with Crippen LogP contribution in [0.2, 0.25) is 0 Å². The predicted molar refractivity (Wildman–Crippen MR) is 57.6 cm³/mol. The Morgan fingerprint density at radius 1 is 1.21 bits per heavy atom. The summed E-state index contributed by atoms with van der Waals surface area (Å²) in [6, 6.07) is 0. The Kier molecular flexibility index (Phi) is 7.15. The van der Waals surface area contributed by atoms with Crippen LogP contribution in [-0.4, -0.2) is 39.1 Å². The van der Waals surface area contributed by atoms with Crippen LogP contribution in [-0.2, 0) is 14.2 Å². The molecule has 1 aliphatic rings. The molecular formula is C11H24O3. The van der Waals surface area contributed by atoms with Crippen molar-refractivity contribution >= 4 is 0 Å². The predicted octanol–water partition coefficient (Wildman–Crippen LogP) is 2.24. The van der Waals surface area contributed by atoms with Crippen LogP contribution in [0.1, 0.15) is 33.6 Å². The molecule has 86 valence electrons. The van der Waals surface area contributed by atoms with Gasteiger partial charge in [0.2, 0.25) is 0 Å². The summed E-state index contributed by atoms with van der Waals surface area (Å²) in [7, 11) is 1.73. The molecular weight excluding hydrogens is 180 g/mol. The quantitative estimate of drug-likeness (QED) is 0.595. The van der Waals surface area contributed by atoms with E-state index in [4.69, 9.17) is 14.2 Å². The van der Waals surface area contributed by atoms with Crippen LogP contribution in [0.15, 0.2) is 0 Å². The first-order chi connectivity index (χ1) is 6.33. The molecule has 0 aromatic carbocycles. The van der Waals surface area contributed by atoms with E-state index in [9.17, 15) is 0 Å². The molecule has 14 heavy (non-hydrogen) atoms. The molecule has 0 aromatic rings. The van der Waals surface area contributed by atoms with E-state index < -0.39 is 0 Å². The molecule has 0 aliphatic carbocycles. The molecule has 1 saturated heterocycles. The number of unbranched alkanes of at least 4 members (excludes halogenated alkanes) is 1. The summed E-state index contributed by atoms with van der Waals surface area (Å²) in [6.45, 7) is 5.36. The van der Waals surface area contributed by atoms with E-state index >= 15 is 0 Å². The Morgan fingerprint density at radius 3 is 2.29 bits per heavy atom. The molecule has 0 unspecified atom stereocenters. The fourth-order valence-corrected chi connectivity index (χ4v) is 1.36. The lowest BCUT2D eigenvalue weighted by atomic mass is 9.99. The first-order valence-corrected chi connectivity index (χ1v) is 5.03. The van der Waals surface area contributed by atoms with Crippen molar-refractivity contribution in [3.8, 4) is 0 Å². The molecule has 3 nitrogen and oxygen atoms in total. The summed E-state index contributed by atoms with van der Waals surface area (Å²) in [5.41, 5.74) is 0.0487. The zero-order valence-electron chi connectivity index (χ0n) is 8.67. The highest BCUT2D eigenvalue weighted by atomic mass is 16.6. The summed E-state index contributed by atoms with van der Waals surface area (Å²) in [5.74, 6) is 0. The molecule has 3 heteroatoms. The summed E-state index contributed by atoms with van der Waals surface area (Å²) >= 11 is 0. The minimum atomic E-state index is 0. The van der Waals surface area contributed by atoms with Crippen molar-refractivity contribution in [1.29, 1.82) is 0 Å². The summed E-state index contributed by atoms with van der Waals surface area (Å²) in [4.78, 5) is 0. The normalized spacial score (nSPS) is 18.4. The summed E-state index contributed by atoms with van der Waals surface area (Å²) in [5, 5.41) is 0. The average Bonchev–Trinajstić information content (AvgIpc) is 2.09. The van der Waals surface area contributed by atoms with Crippen molar-refractivity contribution < 1.29 is 14.2 Å². The molecule has 0 amide bonds. The Hall–Kier alpha value is -0.120. The van der Waals surface area contributed by atoms with Gasteiger partial charge in [-0.05, 0) is 19.3 Å². The number of hydrogen-bond donors (Lipinski definition) is 0. The van der Waals surface area contributed by atoms with Crippen LogP contribution in [0.4, 0.5) is 0 Å². The highest BCUT2D eigenvalue weighted by molar-refractivity contribution is 4.85. The van der Waals surface area contributed by atoms with Crippen LogP contribution < -0.4 is 0 Å². The van der Waals surface area contributed by atoms with Gasteiger partial charge in [-0.15, -0.1) is 0 Å². The Labute approximate surface area is 87.7 Å². The third-order valence-electron chi connectivity index (χ3n) is 2.53. The smallest absolute Gasteiger partial charge is 0.114 e. The Balaban J connectivity index is 0.00000169. The molecule has 0 N–H and O–H groups in total. The molecule has 1 fully saturated rings. The van der Waals surface area contributed by atoms with E-state index in [0.717, 1.165) is 45.7 Å². The Morgan fingerprint density at radius 2 is 1.86 bits per heavy atom. The van der Waals surface area contributed by atoms with Gasteiger partial charge in [0.15, 0.2) is 0 Å². The maximum atomic E-state index is 5.78. The largest absolute Gasteiger partial charge is 0.385 e. The van der Waals surface area contributed by atoms with E-state index in [-0.39, 0.29) is 13.0 Å². The molecule has 0 radical (unpaired) electrons. The summed E-state index contributed by atoms with van der Waals surface area (Å²) < 4.78 is 15.9. The van der Waals surface area contributed by atoms with E-state index in [1.165, 1.54) is 0 Å². The third kappa shape index (κ3) is 3.95. The van der Waals surface area contributed by atoms with Crippen molar-refractivity contribution in [3.63, 3.8) is 0 Å². The van der Waals surface area contributed by atoms with Crippen LogP contribution in [0.3, 0.4) is 0 Å². The van der Waals surface area contributed by atoms with Gasteiger partial charge < -0.3 is 14.2 Å². The fourth-order valence-electron chi connectivity index (χ4n) is 1.36. The van der Waals surface area contributed by atoms with E-state index in [0.29, 0.717) is 0 Å². The second-order valence-electron chi connectivity index (χ2n) is 3.58. The van der Waals surface area contributed by atoms with E-state index in [1.54, 1.807) is 7.11 Å². The first kappa shape index (κ1) is 13.9. The van der Waals surface area contributed by atoms with Crippen molar-refractivity contribution in [1.82, 2.24) is 0 Å². The van der Waals surface area contributed by atoms with Crippen LogP contribution >= 0.6 is 0 Å². The highest BCUT2D eigenvalue weighted by Gasteiger charge is 2.37. The lowest BCUT2D eigenvalue weighted by Crippen LogP contribution is -2.51. The van der Waals surface area contributed by atoms with Gasteiger partial charge in [-0.2, -0.15) is 0 Å². The number of hydrogen-bond acceptors (Lipinski definition) is 3. The molecule has 0 atom stereocenters. The molecule has 0 spiro atoms. The van der Waals surface area contributed by atoms with Gasteiger partial charge in [-0.3, -0.25) is 0 Å². The second kappa shape index (κ2) is 7.21. The lowest BCUT2D eigenvalue weighted by molar-refractivity contribution is -0.211. The molecule has 0 saturated carbocycles. The number of methoxy groups -OCH3 is 1. The molecule has 0 bridgehead atoms. The zero-order valence-corrected chi connectivity index (χ0v) is 8.67. The highest BCUT2D eigenvalue weighted by Crippen LogP contribution is 2.25. The Bertz CT molecular complexity index is 127. The van der Waals surface area contributed by atoms with E-state index in [2.05, 4.69) is 6.92 Å². The topological polar surface area (TPSA) is 27.7 Å². The molecule has 0 aromatic heterocycles. The maximum absolute atomic E-state index is 5.78. The van der Waals surface area contributed by atoms with Gasteiger partial charge in [0.1, 0.15) is 5.60 Å². The average molecular weight is 204 g/mol. The minimum Gasteiger partial charge on any atom is -0.385 e. The van der Waals surface area contributed by atoms with Gasteiger partial charge in [0.25, 0.3) is 0 Å². The van der Waals surface area contributed by atoms with Crippen molar-refractivity contribution in [3.05, 3.63) is 0 Å². The van der Waals surface area contributed by atoms with Gasteiger partial charge in [-0.1, -0.05) is 14.4 Å². The maximum Gasteiger partial charge on any atom is 0.114 e. The summed E-state index contributed by atoms with van der Waals surface area (Å²) in [6.07, 6.45) is 3.21. The number of rotatable bonds is 7. The second-order valence-corrected chi connectivity index (χ2v) is 3.58.